The van der Waals surface area contributed by atoms with Crippen molar-refractivity contribution in [1.82, 2.24) is 5.32 Å². The molecule has 24 heavy (non-hydrogen) atoms. The van der Waals surface area contributed by atoms with Crippen LogP contribution in [0.15, 0.2) is 42.5 Å². The minimum absolute atomic E-state index is 0.0160. The highest BCUT2D eigenvalue weighted by Crippen LogP contribution is 2.27. The summed E-state index contributed by atoms with van der Waals surface area (Å²) in [6.07, 6.45) is 1.76. The summed E-state index contributed by atoms with van der Waals surface area (Å²) in [5.41, 5.74) is 2.71. The fourth-order valence-electron chi connectivity index (χ4n) is 2.95. The molecule has 0 aromatic heterocycles. The molecule has 4 nitrogen and oxygen atoms in total. The number of phenolic OH excluding ortho intramolecular Hbond substituents is 1. The molecule has 0 radical (unpaired) electrons. The van der Waals surface area contributed by atoms with Crippen molar-refractivity contribution in [2.24, 2.45) is 0 Å². The lowest BCUT2D eigenvalue weighted by Gasteiger charge is -2.24. The number of amides is 1. The van der Waals surface area contributed by atoms with Crippen molar-refractivity contribution in [1.29, 1.82) is 0 Å². The Bertz CT molecular complexity index is 735. The smallest absolute Gasteiger partial charge is 0.230 e. The van der Waals surface area contributed by atoms with Crippen LogP contribution in [-0.2, 0) is 23.1 Å². The third-order valence-electron chi connectivity index (χ3n) is 4.61. The average molecular weight is 325 g/mol. The van der Waals surface area contributed by atoms with Gasteiger partial charge in [-0.1, -0.05) is 24.3 Å². The zero-order chi connectivity index (χ0) is 17.2. The predicted molar refractivity (Wildman–Crippen MR) is 93.5 cm³/mol. The maximum Gasteiger partial charge on any atom is 0.230 e. The van der Waals surface area contributed by atoms with Crippen LogP contribution < -0.4 is 10.1 Å². The average Bonchev–Trinajstić information content (AvgIpc) is 3.03. The first-order valence-electron chi connectivity index (χ1n) is 8.29. The summed E-state index contributed by atoms with van der Waals surface area (Å²) >= 11 is 0. The second-order valence-electron chi connectivity index (χ2n) is 6.72. The van der Waals surface area contributed by atoms with Crippen LogP contribution in [0.3, 0.4) is 0 Å². The lowest BCUT2D eigenvalue weighted by Crippen LogP contribution is -2.40. The molecule has 0 spiro atoms. The summed E-state index contributed by atoms with van der Waals surface area (Å²) in [4.78, 5) is 12.5. The number of nitrogens with one attached hydrogen (secondary N) is 1. The first-order valence-corrected chi connectivity index (χ1v) is 8.29. The monoisotopic (exact) mass is 325 g/mol. The molecule has 0 saturated heterocycles. The van der Waals surface area contributed by atoms with Gasteiger partial charge in [0, 0.05) is 13.0 Å². The van der Waals surface area contributed by atoms with Crippen molar-refractivity contribution in [2.75, 3.05) is 13.2 Å². The molecule has 1 aliphatic rings. The Balaban J connectivity index is 1.57. The number of ether oxygens (including phenoxy) is 1. The Hall–Kier alpha value is -2.49. The number of hydrogen-bond acceptors (Lipinski definition) is 3. The number of fused-ring (bicyclic) bond motifs is 1. The third-order valence-corrected chi connectivity index (χ3v) is 4.61. The number of benzene rings is 2. The number of aromatic hydroxyl groups is 1. The topological polar surface area (TPSA) is 58.6 Å². The number of phenols is 1. The van der Waals surface area contributed by atoms with Gasteiger partial charge in [-0.3, -0.25) is 4.79 Å². The second kappa shape index (κ2) is 6.56. The van der Waals surface area contributed by atoms with Crippen molar-refractivity contribution in [3.8, 4) is 11.5 Å². The van der Waals surface area contributed by atoms with Gasteiger partial charge < -0.3 is 15.2 Å². The van der Waals surface area contributed by atoms with Crippen molar-refractivity contribution in [3.63, 3.8) is 0 Å². The molecule has 2 aromatic carbocycles. The first kappa shape index (κ1) is 16.4. The maximum absolute atomic E-state index is 12.5. The predicted octanol–water partition coefficient (Wildman–Crippen LogP) is 2.96. The van der Waals surface area contributed by atoms with Crippen molar-refractivity contribution in [3.05, 3.63) is 59.2 Å². The van der Waals surface area contributed by atoms with Crippen LogP contribution in [0.1, 0.15) is 30.5 Å². The number of carbonyl (C=O) groups excluding carboxylic acids is 1. The van der Waals surface area contributed by atoms with E-state index in [-0.39, 0.29) is 11.7 Å². The van der Waals surface area contributed by atoms with E-state index >= 15 is 0 Å². The largest absolute Gasteiger partial charge is 0.508 e. The van der Waals surface area contributed by atoms with E-state index in [1.54, 1.807) is 24.3 Å². The Morgan fingerprint density at radius 2 is 1.96 bits per heavy atom. The number of hydrogen-bond donors (Lipinski definition) is 2. The second-order valence-corrected chi connectivity index (χ2v) is 6.72. The molecule has 0 aliphatic carbocycles. The molecule has 3 rings (SSSR count). The van der Waals surface area contributed by atoms with E-state index in [9.17, 15) is 9.90 Å². The third kappa shape index (κ3) is 3.37. The molecule has 4 heteroatoms. The summed E-state index contributed by atoms with van der Waals surface area (Å²) in [5.74, 6) is 1.17. The van der Waals surface area contributed by atoms with Crippen LogP contribution in [0.4, 0.5) is 0 Å². The van der Waals surface area contributed by atoms with E-state index in [1.807, 2.05) is 19.9 Å². The normalized spacial score (nSPS) is 13.2. The Morgan fingerprint density at radius 1 is 1.21 bits per heavy atom. The SMILES string of the molecule is CC(C)(C(=O)NCCc1ccc2c(c1)CCO2)c1ccc(O)cc1. The van der Waals surface area contributed by atoms with Gasteiger partial charge in [0.25, 0.3) is 0 Å². The van der Waals surface area contributed by atoms with Crippen LogP contribution in [0.2, 0.25) is 0 Å². The molecule has 0 fully saturated rings. The molecule has 1 heterocycles. The molecule has 0 saturated carbocycles. The highest BCUT2D eigenvalue weighted by Gasteiger charge is 2.29. The van der Waals surface area contributed by atoms with E-state index < -0.39 is 5.41 Å². The van der Waals surface area contributed by atoms with Crippen LogP contribution in [-0.4, -0.2) is 24.2 Å². The zero-order valence-corrected chi connectivity index (χ0v) is 14.1. The van der Waals surface area contributed by atoms with Gasteiger partial charge in [-0.15, -0.1) is 0 Å². The molecule has 0 atom stereocenters. The molecule has 0 bridgehead atoms. The lowest BCUT2D eigenvalue weighted by atomic mass is 9.83. The Labute approximate surface area is 142 Å². The molecule has 126 valence electrons. The number of carbonyl (C=O) groups is 1. The minimum atomic E-state index is -0.639. The number of rotatable bonds is 5. The van der Waals surface area contributed by atoms with Crippen molar-refractivity contribution in [2.45, 2.75) is 32.1 Å². The quantitative estimate of drug-likeness (QED) is 0.888. The Kier molecular flexibility index (Phi) is 4.47. The lowest BCUT2D eigenvalue weighted by molar-refractivity contribution is -0.125. The molecule has 1 aliphatic heterocycles. The highest BCUT2D eigenvalue weighted by atomic mass is 16.5. The van der Waals surface area contributed by atoms with Crippen molar-refractivity contribution < 1.29 is 14.6 Å². The van der Waals surface area contributed by atoms with E-state index in [4.69, 9.17) is 4.74 Å². The van der Waals surface area contributed by atoms with Gasteiger partial charge in [0.2, 0.25) is 5.91 Å². The summed E-state index contributed by atoms with van der Waals surface area (Å²) in [6.45, 7) is 5.14. The van der Waals surface area contributed by atoms with Gasteiger partial charge in [0.15, 0.2) is 0 Å². The molecule has 2 N–H and O–H groups in total. The maximum atomic E-state index is 12.5. The fourth-order valence-corrected chi connectivity index (χ4v) is 2.95. The van der Waals surface area contributed by atoms with Gasteiger partial charge in [0.1, 0.15) is 11.5 Å². The summed E-state index contributed by atoms with van der Waals surface area (Å²) in [5, 5.41) is 12.4. The summed E-state index contributed by atoms with van der Waals surface area (Å²) in [7, 11) is 0. The minimum Gasteiger partial charge on any atom is -0.508 e. The van der Waals surface area contributed by atoms with Gasteiger partial charge in [-0.2, -0.15) is 0 Å². The van der Waals surface area contributed by atoms with Gasteiger partial charge in [-0.05, 0) is 55.2 Å². The van der Waals surface area contributed by atoms with Crippen LogP contribution >= 0.6 is 0 Å². The van der Waals surface area contributed by atoms with E-state index in [0.29, 0.717) is 6.54 Å². The molecule has 2 aromatic rings. The van der Waals surface area contributed by atoms with Crippen LogP contribution in [0, 0.1) is 0 Å². The molecular weight excluding hydrogens is 302 g/mol. The summed E-state index contributed by atoms with van der Waals surface area (Å²) < 4.78 is 5.51. The van der Waals surface area contributed by atoms with Crippen LogP contribution in [0.25, 0.3) is 0 Å². The van der Waals surface area contributed by atoms with E-state index in [0.717, 1.165) is 30.8 Å². The molecule has 1 amide bonds. The van der Waals surface area contributed by atoms with Gasteiger partial charge in [-0.25, -0.2) is 0 Å². The molecule has 0 unspecified atom stereocenters. The Morgan fingerprint density at radius 3 is 2.71 bits per heavy atom. The summed E-state index contributed by atoms with van der Waals surface area (Å²) in [6, 6.07) is 13.0. The van der Waals surface area contributed by atoms with Crippen LogP contribution in [0.5, 0.6) is 11.5 Å². The van der Waals surface area contributed by atoms with Gasteiger partial charge in [0.05, 0.1) is 12.0 Å². The standard InChI is InChI=1S/C20H23NO3/c1-20(2,16-4-6-17(22)7-5-16)19(23)21-11-9-14-3-8-18-15(13-14)10-12-24-18/h3-8,13,22H,9-12H2,1-2H3,(H,21,23). The van der Waals surface area contributed by atoms with Crippen molar-refractivity contribution >= 4 is 5.91 Å². The highest BCUT2D eigenvalue weighted by molar-refractivity contribution is 5.87. The van der Waals surface area contributed by atoms with E-state index in [1.165, 1.54) is 11.1 Å². The molecular formula is C20H23NO3. The van der Waals surface area contributed by atoms with Gasteiger partial charge >= 0.3 is 0 Å². The zero-order valence-electron chi connectivity index (χ0n) is 14.1. The fraction of sp³-hybridized carbons (Fsp3) is 0.350. The first-order chi connectivity index (χ1) is 11.5. The van der Waals surface area contributed by atoms with E-state index in [2.05, 4.69) is 17.4 Å².